The molecule has 29 heavy (non-hydrogen) atoms. The average Bonchev–Trinajstić information content (AvgIpc) is 2.75. The van der Waals surface area contributed by atoms with Gasteiger partial charge in [0.2, 0.25) is 0 Å². The quantitative estimate of drug-likeness (QED) is 0.454. The maximum atomic E-state index is 12.3. The summed E-state index contributed by atoms with van der Waals surface area (Å²) in [6.07, 6.45) is 0. The first-order valence-corrected chi connectivity index (χ1v) is 10.1. The molecule has 0 atom stereocenters. The van der Waals surface area contributed by atoms with Gasteiger partial charge in [-0.15, -0.1) is 0 Å². The number of ether oxygens (including phenoxy) is 1. The maximum absolute atomic E-state index is 12.3. The van der Waals surface area contributed by atoms with E-state index in [0.717, 1.165) is 38.5 Å². The van der Waals surface area contributed by atoms with Crippen molar-refractivity contribution in [3.63, 3.8) is 0 Å². The van der Waals surface area contributed by atoms with Crippen LogP contribution in [0.5, 0.6) is 5.75 Å². The van der Waals surface area contributed by atoms with Crippen LogP contribution in [-0.2, 0) is 4.79 Å². The highest BCUT2D eigenvalue weighted by molar-refractivity contribution is 5.95. The number of nitrogens with one attached hydrogen (secondary N) is 4. The van der Waals surface area contributed by atoms with Gasteiger partial charge in [0, 0.05) is 18.3 Å². The van der Waals surface area contributed by atoms with Crippen molar-refractivity contribution < 1.29 is 24.1 Å². The van der Waals surface area contributed by atoms with E-state index in [-0.39, 0.29) is 11.8 Å². The van der Waals surface area contributed by atoms with Crippen LogP contribution in [0.1, 0.15) is 10.4 Å². The van der Waals surface area contributed by atoms with E-state index in [2.05, 4.69) is 10.6 Å². The molecule has 154 valence electrons. The van der Waals surface area contributed by atoms with Crippen LogP contribution in [0, 0.1) is 0 Å². The number of piperazine rings is 1. The number of amides is 2. The molecule has 1 aliphatic heterocycles. The smallest absolute Gasteiger partial charge is 0.279 e. The third kappa shape index (κ3) is 6.58. The first kappa shape index (κ1) is 20.8. The van der Waals surface area contributed by atoms with Crippen LogP contribution in [0.4, 0.5) is 5.69 Å². The second-order valence-electron chi connectivity index (χ2n) is 7.29. The zero-order valence-corrected chi connectivity index (χ0v) is 16.9. The Bertz CT molecular complexity index is 787. The Kier molecular flexibility index (Phi) is 7.61. The average molecular weight is 399 g/mol. The predicted octanol–water partition coefficient (Wildman–Crippen LogP) is -1.15. The van der Waals surface area contributed by atoms with Crippen molar-refractivity contribution in [3.05, 3.63) is 60.2 Å². The molecule has 1 fully saturated rings. The Morgan fingerprint density at radius 1 is 0.931 bits per heavy atom. The molecule has 2 amide bonds. The maximum Gasteiger partial charge on any atom is 0.279 e. The van der Waals surface area contributed by atoms with Crippen molar-refractivity contribution >= 4 is 17.5 Å². The molecule has 0 radical (unpaired) electrons. The number of hydrogen-bond donors (Lipinski definition) is 4. The highest BCUT2D eigenvalue weighted by atomic mass is 16.5. The lowest BCUT2D eigenvalue weighted by atomic mass is 10.2. The molecule has 0 saturated carbocycles. The molecular formula is C22H30N4O3+2. The summed E-state index contributed by atoms with van der Waals surface area (Å²) >= 11 is 0. The summed E-state index contributed by atoms with van der Waals surface area (Å²) in [7, 11) is 1.60. The van der Waals surface area contributed by atoms with Crippen molar-refractivity contribution in [2.75, 3.05) is 58.2 Å². The summed E-state index contributed by atoms with van der Waals surface area (Å²) in [4.78, 5) is 26.7. The van der Waals surface area contributed by atoms with E-state index in [0.29, 0.717) is 24.4 Å². The van der Waals surface area contributed by atoms with Gasteiger partial charge in [-0.2, -0.15) is 0 Å². The second-order valence-corrected chi connectivity index (χ2v) is 7.29. The molecule has 0 spiro atoms. The molecule has 2 aromatic rings. The Balaban J connectivity index is 1.34. The van der Waals surface area contributed by atoms with Crippen LogP contribution in [-0.4, -0.2) is 64.7 Å². The summed E-state index contributed by atoms with van der Waals surface area (Å²) in [5.74, 6) is 0.779. The SMILES string of the molecule is CNC(=O)c1ccc(NC(=O)C[NH+]2CC[NH+](CCOc3ccccc3)CC2)cc1. The standard InChI is InChI=1S/C22H28N4O3/c1-23-22(28)18-7-9-19(10-8-18)24-21(27)17-26-13-11-25(12-14-26)15-16-29-20-5-3-2-4-6-20/h2-10H,11-17H2,1H3,(H,23,28)(H,24,27)/p+2. The van der Waals surface area contributed by atoms with Gasteiger partial charge in [0.25, 0.3) is 11.8 Å². The lowest BCUT2D eigenvalue weighted by molar-refractivity contribution is -1.01. The van der Waals surface area contributed by atoms with Crippen molar-refractivity contribution in [1.29, 1.82) is 0 Å². The van der Waals surface area contributed by atoms with E-state index in [4.69, 9.17) is 4.74 Å². The van der Waals surface area contributed by atoms with Gasteiger partial charge in [-0.1, -0.05) is 18.2 Å². The monoisotopic (exact) mass is 398 g/mol. The summed E-state index contributed by atoms with van der Waals surface area (Å²) in [5, 5.41) is 5.50. The van der Waals surface area contributed by atoms with E-state index in [1.807, 2.05) is 30.3 Å². The summed E-state index contributed by atoms with van der Waals surface area (Å²) < 4.78 is 5.78. The summed E-state index contributed by atoms with van der Waals surface area (Å²) in [5.41, 5.74) is 1.29. The summed E-state index contributed by atoms with van der Waals surface area (Å²) in [6.45, 7) is 6.19. The molecule has 0 bridgehead atoms. The van der Waals surface area contributed by atoms with E-state index >= 15 is 0 Å². The topological polar surface area (TPSA) is 76.3 Å². The molecular weight excluding hydrogens is 368 g/mol. The number of carbonyl (C=O) groups is 2. The van der Waals surface area contributed by atoms with Crippen LogP contribution < -0.4 is 25.2 Å². The Hall–Kier alpha value is -2.90. The van der Waals surface area contributed by atoms with Crippen molar-refractivity contribution in [3.8, 4) is 5.75 Å². The van der Waals surface area contributed by atoms with Crippen LogP contribution in [0.2, 0.25) is 0 Å². The minimum atomic E-state index is -0.137. The number of carbonyl (C=O) groups excluding carboxylic acids is 2. The minimum Gasteiger partial charge on any atom is -0.488 e. The van der Waals surface area contributed by atoms with Crippen molar-refractivity contribution in [1.82, 2.24) is 5.32 Å². The molecule has 1 heterocycles. The fourth-order valence-electron chi connectivity index (χ4n) is 3.50. The Morgan fingerprint density at radius 2 is 1.59 bits per heavy atom. The molecule has 3 rings (SSSR count). The normalized spacial score (nSPS) is 18.7. The van der Waals surface area contributed by atoms with E-state index in [9.17, 15) is 9.59 Å². The Morgan fingerprint density at radius 3 is 2.24 bits per heavy atom. The van der Waals surface area contributed by atoms with Crippen LogP contribution >= 0.6 is 0 Å². The number of para-hydroxylation sites is 1. The summed E-state index contributed by atoms with van der Waals surface area (Å²) in [6, 6.07) is 16.8. The molecule has 7 nitrogen and oxygen atoms in total. The minimum absolute atomic E-state index is 0.00329. The predicted molar refractivity (Wildman–Crippen MR) is 112 cm³/mol. The highest BCUT2D eigenvalue weighted by Crippen LogP contribution is 2.09. The van der Waals surface area contributed by atoms with E-state index in [1.54, 1.807) is 31.3 Å². The Labute approximate surface area is 171 Å². The molecule has 7 heteroatoms. The number of benzene rings is 2. The van der Waals surface area contributed by atoms with Gasteiger partial charge in [-0.25, -0.2) is 0 Å². The molecule has 2 aromatic carbocycles. The van der Waals surface area contributed by atoms with Crippen LogP contribution in [0.25, 0.3) is 0 Å². The molecule has 1 saturated heterocycles. The second kappa shape index (κ2) is 10.6. The molecule has 0 aliphatic carbocycles. The van der Waals surface area contributed by atoms with Crippen LogP contribution in [0.15, 0.2) is 54.6 Å². The van der Waals surface area contributed by atoms with Gasteiger partial charge in [-0.3, -0.25) is 9.59 Å². The van der Waals surface area contributed by atoms with Gasteiger partial charge in [0.15, 0.2) is 6.54 Å². The van der Waals surface area contributed by atoms with Gasteiger partial charge in [0.05, 0.1) is 0 Å². The molecule has 4 N–H and O–H groups in total. The van der Waals surface area contributed by atoms with Crippen LogP contribution in [0.3, 0.4) is 0 Å². The van der Waals surface area contributed by atoms with Gasteiger partial charge in [-0.05, 0) is 36.4 Å². The van der Waals surface area contributed by atoms with Gasteiger partial charge in [0.1, 0.15) is 45.1 Å². The van der Waals surface area contributed by atoms with Gasteiger partial charge >= 0.3 is 0 Å². The van der Waals surface area contributed by atoms with Gasteiger partial charge < -0.3 is 25.2 Å². The largest absolute Gasteiger partial charge is 0.488 e. The molecule has 1 aliphatic rings. The fourth-order valence-corrected chi connectivity index (χ4v) is 3.50. The number of rotatable bonds is 8. The van der Waals surface area contributed by atoms with Crippen molar-refractivity contribution in [2.45, 2.75) is 0 Å². The third-order valence-electron chi connectivity index (χ3n) is 5.20. The third-order valence-corrected chi connectivity index (χ3v) is 5.20. The number of anilines is 1. The zero-order valence-electron chi connectivity index (χ0n) is 16.9. The number of hydrogen-bond acceptors (Lipinski definition) is 3. The van der Waals surface area contributed by atoms with E-state index in [1.165, 1.54) is 9.80 Å². The highest BCUT2D eigenvalue weighted by Gasteiger charge is 2.24. The molecule has 0 unspecified atom stereocenters. The zero-order chi connectivity index (χ0) is 20.5. The molecule has 0 aromatic heterocycles. The lowest BCUT2D eigenvalue weighted by Gasteiger charge is -2.29. The first-order valence-electron chi connectivity index (χ1n) is 10.1. The van der Waals surface area contributed by atoms with Crippen molar-refractivity contribution in [2.24, 2.45) is 0 Å². The lowest BCUT2D eigenvalue weighted by Crippen LogP contribution is -3.28. The first-order chi connectivity index (χ1) is 14.1. The van der Waals surface area contributed by atoms with E-state index < -0.39 is 0 Å². The fraction of sp³-hybridized carbons (Fsp3) is 0.364. The number of quaternary nitrogens is 2.